The Morgan fingerprint density at radius 2 is 2.21 bits per heavy atom. The van der Waals surface area contributed by atoms with Crippen LogP contribution >= 0.6 is 11.3 Å². The van der Waals surface area contributed by atoms with Crippen LogP contribution in [0.1, 0.15) is 15.5 Å². The number of benzene rings is 1. The van der Waals surface area contributed by atoms with Gasteiger partial charge in [0.1, 0.15) is 22.0 Å². The maximum Gasteiger partial charge on any atom is 0.272 e. The van der Waals surface area contributed by atoms with E-state index in [1.54, 1.807) is 42.5 Å². The molecule has 24 heavy (non-hydrogen) atoms. The fraction of sp³-hybridized carbons (Fsp3) is 0.235. The topological polar surface area (TPSA) is 55.3 Å². The summed E-state index contributed by atoms with van der Waals surface area (Å²) in [4.78, 5) is 22.8. The first kappa shape index (κ1) is 16.5. The minimum Gasteiger partial charge on any atom is -0.383 e. The van der Waals surface area contributed by atoms with E-state index in [2.05, 4.69) is 9.97 Å². The number of halogens is 1. The highest BCUT2D eigenvalue weighted by molar-refractivity contribution is 7.09. The molecule has 0 N–H and O–H groups in total. The Morgan fingerprint density at radius 3 is 2.96 bits per heavy atom. The van der Waals surface area contributed by atoms with Crippen molar-refractivity contribution in [2.75, 3.05) is 20.3 Å². The number of thiazole rings is 1. The SMILES string of the molecule is COCCN(Cc1nccs1)C(=O)c1ccc2cccc(F)c2n1. The molecule has 0 fully saturated rings. The molecule has 0 bridgehead atoms. The van der Waals surface area contributed by atoms with Crippen molar-refractivity contribution in [1.82, 2.24) is 14.9 Å². The lowest BCUT2D eigenvalue weighted by atomic mass is 10.2. The monoisotopic (exact) mass is 345 g/mol. The van der Waals surface area contributed by atoms with Gasteiger partial charge in [-0.2, -0.15) is 0 Å². The zero-order valence-electron chi connectivity index (χ0n) is 13.1. The second kappa shape index (κ2) is 7.46. The lowest BCUT2D eigenvalue weighted by Crippen LogP contribution is -2.34. The van der Waals surface area contributed by atoms with Crippen LogP contribution in [0, 0.1) is 5.82 Å². The molecule has 0 atom stereocenters. The van der Waals surface area contributed by atoms with E-state index in [0.717, 1.165) is 5.01 Å². The first-order valence-corrected chi connectivity index (χ1v) is 8.29. The van der Waals surface area contributed by atoms with Crippen molar-refractivity contribution >= 4 is 28.1 Å². The van der Waals surface area contributed by atoms with Gasteiger partial charge in [-0.3, -0.25) is 4.79 Å². The molecule has 0 radical (unpaired) electrons. The number of pyridine rings is 1. The number of methoxy groups -OCH3 is 1. The van der Waals surface area contributed by atoms with Crippen LogP contribution < -0.4 is 0 Å². The summed E-state index contributed by atoms with van der Waals surface area (Å²) >= 11 is 1.48. The molecule has 7 heteroatoms. The highest BCUT2D eigenvalue weighted by Crippen LogP contribution is 2.18. The molecule has 3 aromatic rings. The van der Waals surface area contributed by atoms with E-state index in [4.69, 9.17) is 4.74 Å². The molecule has 0 saturated carbocycles. The second-order valence-electron chi connectivity index (χ2n) is 5.15. The Labute approximate surface area is 142 Å². The van der Waals surface area contributed by atoms with E-state index in [1.165, 1.54) is 17.4 Å². The molecule has 3 rings (SSSR count). The van der Waals surface area contributed by atoms with Crippen LogP contribution in [0.25, 0.3) is 10.9 Å². The van der Waals surface area contributed by atoms with Crippen LogP contribution in [0.15, 0.2) is 41.9 Å². The Morgan fingerprint density at radius 1 is 1.33 bits per heavy atom. The minimum atomic E-state index is -0.439. The maximum absolute atomic E-state index is 13.9. The van der Waals surface area contributed by atoms with E-state index in [1.807, 2.05) is 5.38 Å². The van der Waals surface area contributed by atoms with Crippen molar-refractivity contribution in [3.63, 3.8) is 0 Å². The molecule has 0 aliphatic heterocycles. The Bertz CT molecular complexity index is 839. The van der Waals surface area contributed by atoms with Gasteiger partial charge >= 0.3 is 0 Å². The normalized spacial score (nSPS) is 10.9. The summed E-state index contributed by atoms with van der Waals surface area (Å²) in [6.45, 7) is 1.18. The van der Waals surface area contributed by atoms with E-state index in [-0.39, 0.29) is 17.1 Å². The molecule has 0 aliphatic rings. The first-order valence-electron chi connectivity index (χ1n) is 7.41. The van der Waals surface area contributed by atoms with Crippen molar-refractivity contribution in [3.8, 4) is 0 Å². The Balaban J connectivity index is 1.89. The number of carbonyl (C=O) groups excluding carboxylic acids is 1. The fourth-order valence-electron chi connectivity index (χ4n) is 2.34. The summed E-state index contributed by atoms with van der Waals surface area (Å²) < 4.78 is 19.0. The highest BCUT2D eigenvalue weighted by Gasteiger charge is 2.19. The van der Waals surface area contributed by atoms with Gasteiger partial charge < -0.3 is 9.64 Å². The van der Waals surface area contributed by atoms with Crippen molar-refractivity contribution in [2.45, 2.75) is 6.54 Å². The van der Waals surface area contributed by atoms with Gasteiger partial charge in [0, 0.05) is 30.6 Å². The molecule has 1 amide bonds. The third-order valence-electron chi connectivity index (χ3n) is 3.55. The summed E-state index contributed by atoms with van der Waals surface area (Å²) in [5, 5.41) is 3.35. The number of ether oxygens (including phenoxy) is 1. The van der Waals surface area contributed by atoms with Gasteiger partial charge in [0.15, 0.2) is 0 Å². The molecule has 0 spiro atoms. The minimum absolute atomic E-state index is 0.198. The number of carbonyl (C=O) groups is 1. The lowest BCUT2D eigenvalue weighted by molar-refractivity contribution is 0.0675. The van der Waals surface area contributed by atoms with Crippen LogP contribution in [0.3, 0.4) is 0 Å². The third-order valence-corrected chi connectivity index (χ3v) is 4.32. The van der Waals surface area contributed by atoms with Crippen molar-refractivity contribution in [1.29, 1.82) is 0 Å². The summed E-state index contributed by atoms with van der Waals surface area (Å²) in [5.41, 5.74) is 0.407. The summed E-state index contributed by atoms with van der Waals surface area (Å²) in [6.07, 6.45) is 1.70. The van der Waals surface area contributed by atoms with E-state index < -0.39 is 5.82 Å². The van der Waals surface area contributed by atoms with Crippen LogP contribution in [0.4, 0.5) is 4.39 Å². The van der Waals surface area contributed by atoms with Crippen molar-refractivity contribution in [2.24, 2.45) is 0 Å². The predicted molar refractivity (Wildman–Crippen MR) is 90.4 cm³/mol. The van der Waals surface area contributed by atoms with Crippen LogP contribution in [-0.4, -0.2) is 41.0 Å². The quantitative estimate of drug-likeness (QED) is 0.689. The number of para-hydroxylation sites is 1. The zero-order valence-corrected chi connectivity index (χ0v) is 13.9. The molecule has 2 aromatic heterocycles. The van der Waals surface area contributed by atoms with Crippen LogP contribution in [0.5, 0.6) is 0 Å². The molecule has 0 aliphatic carbocycles. The third kappa shape index (κ3) is 3.58. The van der Waals surface area contributed by atoms with Gasteiger partial charge in [0.05, 0.1) is 13.2 Å². The maximum atomic E-state index is 13.9. The van der Waals surface area contributed by atoms with Crippen molar-refractivity contribution in [3.05, 3.63) is 58.4 Å². The van der Waals surface area contributed by atoms with Gasteiger partial charge in [-0.25, -0.2) is 14.4 Å². The average Bonchev–Trinajstić information content (AvgIpc) is 3.11. The number of amides is 1. The van der Waals surface area contributed by atoms with Gasteiger partial charge in [0.2, 0.25) is 0 Å². The fourth-order valence-corrected chi connectivity index (χ4v) is 2.97. The Hall–Kier alpha value is -2.38. The summed E-state index contributed by atoms with van der Waals surface area (Å²) in [6, 6.07) is 8.04. The van der Waals surface area contributed by atoms with Crippen LogP contribution in [0.2, 0.25) is 0 Å². The van der Waals surface area contributed by atoms with Gasteiger partial charge in [-0.15, -0.1) is 11.3 Å². The van der Waals surface area contributed by atoms with E-state index in [0.29, 0.717) is 25.1 Å². The van der Waals surface area contributed by atoms with Gasteiger partial charge in [-0.05, 0) is 12.1 Å². The molecule has 124 valence electrons. The smallest absolute Gasteiger partial charge is 0.272 e. The predicted octanol–water partition coefficient (Wildman–Crippen LogP) is 3.12. The highest BCUT2D eigenvalue weighted by atomic mass is 32.1. The number of nitrogens with zero attached hydrogens (tertiary/aromatic N) is 3. The van der Waals surface area contributed by atoms with E-state index >= 15 is 0 Å². The second-order valence-corrected chi connectivity index (χ2v) is 6.13. The Kier molecular flexibility index (Phi) is 5.12. The number of aromatic nitrogens is 2. The zero-order chi connectivity index (χ0) is 16.9. The standard InChI is InChI=1S/C17H16FN3O2S/c1-23-9-8-21(11-15-19-7-10-24-15)17(22)14-6-5-12-3-2-4-13(18)16(12)20-14/h2-7,10H,8-9,11H2,1H3. The molecule has 0 unspecified atom stereocenters. The molecule has 0 saturated heterocycles. The van der Waals surface area contributed by atoms with Gasteiger partial charge in [0.25, 0.3) is 5.91 Å². The van der Waals surface area contributed by atoms with Crippen molar-refractivity contribution < 1.29 is 13.9 Å². The number of fused-ring (bicyclic) bond motifs is 1. The number of rotatable bonds is 6. The lowest BCUT2D eigenvalue weighted by Gasteiger charge is -2.21. The summed E-state index contributed by atoms with van der Waals surface area (Å²) in [7, 11) is 1.58. The number of hydrogen-bond acceptors (Lipinski definition) is 5. The van der Waals surface area contributed by atoms with E-state index in [9.17, 15) is 9.18 Å². The first-order chi connectivity index (χ1) is 11.7. The van der Waals surface area contributed by atoms with Gasteiger partial charge in [-0.1, -0.05) is 18.2 Å². The molecule has 5 nitrogen and oxygen atoms in total. The van der Waals surface area contributed by atoms with Crippen LogP contribution in [-0.2, 0) is 11.3 Å². The molecule has 2 heterocycles. The molecule has 1 aromatic carbocycles. The average molecular weight is 345 g/mol. The number of hydrogen-bond donors (Lipinski definition) is 0. The molecular formula is C17H16FN3O2S. The molecular weight excluding hydrogens is 329 g/mol. The largest absolute Gasteiger partial charge is 0.383 e. The summed E-state index contributed by atoms with van der Waals surface area (Å²) in [5.74, 6) is -0.710.